The Balaban J connectivity index is 1.90. The number of hydrogen-bond donors (Lipinski definition) is 2. The average Bonchev–Trinajstić information content (AvgIpc) is 3.24. The fraction of sp³-hybridized carbons (Fsp3) is 0.174. The summed E-state index contributed by atoms with van der Waals surface area (Å²) in [5, 5.41) is 10.3. The Morgan fingerprint density at radius 3 is 2.42 bits per heavy atom. The molecule has 2 aromatic carbocycles. The number of aromatic nitrogens is 2. The number of methoxy groups -OCH3 is 2. The predicted octanol–water partition coefficient (Wildman–Crippen LogP) is 3.35. The van der Waals surface area contributed by atoms with Gasteiger partial charge in [0.2, 0.25) is 0 Å². The molecule has 4 rings (SSSR count). The Hall–Kier alpha value is -4.07. The Labute approximate surface area is 179 Å². The van der Waals surface area contributed by atoms with Crippen molar-refractivity contribution >= 4 is 12.0 Å². The largest absolute Gasteiger partial charge is 0.497 e. The van der Waals surface area contributed by atoms with Gasteiger partial charge in [-0.25, -0.2) is 14.3 Å². The van der Waals surface area contributed by atoms with Gasteiger partial charge in [0.1, 0.15) is 5.75 Å². The number of hydrogen-bond acceptors (Lipinski definition) is 5. The van der Waals surface area contributed by atoms with E-state index in [1.807, 2.05) is 60.8 Å². The molecular formula is C23H22N4O4. The number of rotatable bonds is 5. The quantitative estimate of drug-likeness (QED) is 0.620. The van der Waals surface area contributed by atoms with E-state index in [4.69, 9.17) is 14.6 Å². The van der Waals surface area contributed by atoms with Crippen LogP contribution in [0.1, 0.15) is 18.5 Å². The molecule has 0 bridgehead atoms. The first-order chi connectivity index (χ1) is 15.0. The van der Waals surface area contributed by atoms with Crippen LogP contribution in [0.4, 0.5) is 4.79 Å². The Morgan fingerprint density at radius 2 is 1.77 bits per heavy atom. The molecule has 31 heavy (non-hydrogen) atoms. The molecule has 0 fully saturated rings. The molecule has 3 aromatic rings. The van der Waals surface area contributed by atoms with E-state index in [1.54, 1.807) is 18.7 Å². The lowest BCUT2D eigenvalue weighted by molar-refractivity contribution is -0.136. The summed E-state index contributed by atoms with van der Waals surface area (Å²) in [6.07, 6.45) is 1.82. The smallest absolute Gasteiger partial charge is 0.337 e. The van der Waals surface area contributed by atoms with E-state index in [1.165, 1.54) is 7.11 Å². The predicted molar refractivity (Wildman–Crippen MR) is 115 cm³/mol. The van der Waals surface area contributed by atoms with Crippen LogP contribution in [0.15, 0.2) is 72.1 Å². The highest BCUT2D eigenvalue weighted by Gasteiger charge is 2.35. The maximum absolute atomic E-state index is 12.6. The van der Waals surface area contributed by atoms with E-state index in [-0.39, 0.29) is 0 Å². The first-order valence-corrected chi connectivity index (χ1v) is 9.68. The zero-order valence-electron chi connectivity index (χ0n) is 17.4. The highest BCUT2D eigenvalue weighted by Crippen LogP contribution is 2.35. The first kappa shape index (κ1) is 20.2. The minimum Gasteiger partial charge on any atom is -0.497 e. The van der Waals surface area contributed by atoms with Crippen LogP contribution in [0.5, 0.6) is 5.75 Å². The number of nitrogens with one attached hydrogen (secondary N) is 2. The van der Waals surface area contributed by atoms with Gasteiger partial charge in [-0.2, -0.15) is 5.10 Å². The van der Waals surface area contributed by atoms with Gasteiger partial charge in [0.15, 0.2) is 0 Å². The Morgan fingerprint density at radius 1 is 1.06 bits per heavy atom. The van der Waals surface area contributed by atoms with Gasteiger partial charge in [-0.1, -0.05) is 18.2 Å². The van der Waals surface area contributed by atoms with E-state index < -0.39 is 18.0 Å². The lowest BCUT2D eigenvalue weighted by Gasteiger charge is -2.27. The van der Waals surface area contributed by atoms with Crippen LogP contribution in [0.25, 0.3) is 16.9 Å². The Kier molecular flexibility index (Phi) is 5.44. The number of esters is 1. The van der Waals surface area contributed by atoms with E-state index in [2.05, 4.69) is 10.6 Å². The fourth-order valence-electron chi connectivity index (χ4n) is 3.59. The number of para-hydroxylation sites is 1. The second-order valence-corrected chi connectivity index (χ2v) is 7.00. The van der Waals surface area contributed by atoms with E-state index >= 15 is 0 Å². The van der Waals surface area contributed by atoms with Crippen molar-refractivity contribution < 1.29 is 19.1 Å². The summed E-state index contributed by atoms with van der Waals surface area (Å²) in [5.41, 5.74) is 3.74. The zero-order chi connectivity index (χ0) is 22.0. The third kappa shape index (κ3) is 3.87. The SMILES string of the molecule is COC(=O)C1=C(C)NC(=O)N[C@H]1c1cn(-c2ccccc2)nc1-c1ccc(OC)cc1. The van der Waals surface area contributed by atoms with Crippen molar-refractivity contribution in [2.45, 2.75) is 13.0 Å². The molecular weight excluding hydrogens is 396 g/mol. The second-order valence-electron chi connectivity index (χ2n) is 7.00. The molecule has 0 unspecified atom stereocenters. The first-order valence-electron chi connectivity index (χ1n) is 9.68. The van der Waals surface area contributed by atoms with Gasteiger partial charge in [-0.05, 0) is 43.3 Å². The van der Waals surface area contributed by atoms with Crippen LogP contribution < -0.4 is 15.4 Å². The summed E-state index contributed by atoms with van der Waals surface area (Å²) in [7, 11) is 2.92. The topological polar surface area (TPSA) is 94.5 Å². The number of urea groups is 1. The molecule has 1 aromatic heterocycles. The maximum Gasteiger partial charge on any atom is 0.337 e. The standard InChI is InChI=1S/C23H22N4O4/c1-14-19(22(28)31-3)21(25-23(29)24-14)18-13-27(16-7-5-4-6-8-16)26-20(18)15-9-11-17(30-2)12-10-15/h4-13,21H,1-3H3,(H2,24,25,29)/t21-/m0/s1. The summed E-state index contributed by atoms with van der Waals surface area (Å²) in [4.78, 5) is 24.8. The molecule has 1 aliphatic heterocycles. The van der Waals surface area contributed by atoms with Gasteiger partial charge in [0.25, 0.3) is 0 Å². The van der Waals surface area contributed by atoms with Crippen LogP contribution >= 0.6 is 0 Å². The van der Waals surface area contributed by atoms with Crippen molar-refractivity contribution in [2.75, 3.05) is 14.2 Å². The highest BCUT2D eigenvalue weighted by atomic mass is 16.5. The number of carbonyl (C=O) groups is 2. The third-order valence-corrected chi connectivity index (χ3v) is 5.11. The summed E-state index contributed by atoms with van der Waals surface area (Å²) in [6.45, 7) is 1.67. The summed E-state index contributed by atoms with van der Waals surface area (Å²) >= 11 is 0. The van der Waals surface area contributed by atoms with Crippen molar-refractivity contribution in [1.82, 2.24) is 20.4 Å². The maximum atomic E-state index is 12.6. The molecule has 0 spiro atoms. The van der Waals surface area contributed by atoms with Gasteiger partial charge in [-0.3, -0.25) is 0 Å². The van der Waals surface area contributed by atoms with Gasteiger partial charge in [0, 0.05) is 23.0 Å². The minimum absolute atomic E-state index is 0.324. The molecule has 0 saturated carbocycles. The van der Waals surface area contributed by atoms with Crippen molar-refractivity contribution in [2.24, 2.45) is 0 Å². The summed E-state index contributed by atoms with van der Waals surface area (Å²) < 4.78 is 12.0. The van der Waals surface area contributed by atoms with Crippen molar-refractivity contribution in [3.63, 3.8) is 0 Å². The lowest BCUT2D eigenvalue weighted by Crippen LogP contribution is -2.45. The second kappa shape index (κ2) is 8.35. The van der Waals surface area contributed by atoms with Crippen LogP contribution in [0.2, 0.25) is 0 Å². The highest BCUT2D eigenvalue weighted by molar-refractivity contribution is 5.95. The number of carbonyl (C=O) groups excluding carboxylic acids is 2. The molecule has 2 N–H and O–H groups in total. The van der Waals surface area contributed by atoms with Crippen LogP contribution in [0, 0.1) is 0 Å². The van der Waals surface area contributed by atoms with Gasteiger partial charge in [-0.15, -0.1) is 0 Å². The minimum atomic E-state index is -0.726. The average molecular weight is 418 g/mol. The van der Waals surface area contributed by atoms with Gasteiger partial charge in [0.05, 0.1) is 37.2 Å². The molecule has 1 atom stereocenters. The Bertz CT molecular complexity index is 1150. The number of amides is 2. The van der Waals surface area contributed by atoms with Gasteiger partial charge >= 0.3 is 12.0 Å². The molecule has 8 heteroatoms. The number of allylic oxidation sites excluding steroid dienone is 1. The van der Waals surface area contributed by atoms with E-state index in [9.17, 15) is 9.59 Å². The lowest BCUT2D eigenvalue weighted by atomic mass is 9.94. The molecule has 0 saturated heterocycles. The normalized spacial score (nSPS) is 15.8. The summed E-state index contributed by atoms with van der Waals surface area (Å²) in [5.74, 6) is 0.192. The third-order valence-electron chi connectivity index (χ3n) is 5.11. The molecule has 1 aliphatic rings. The van der Waals surface area contributed by atoms with Crippen molar-refractivity contribution in [1.29, 1.82) is 0 Å². The summed E-state index contributed by atoms with van der Waals surface area (Å²) in [6, 6.07) is 15.9. The number of ether oxygens (including phenoxy) is 2. The van der Waals surface area contributed by atoms with Crippen LogP contribution in [-0.2, 0) is 9.53 Å². The van der Waals surface area contributed by atoms with Crippen LogP contribution in [0.3, 0.4) is 0 Å². The van der Waals surface area contributed by atoms with E-state index in [0.717, 1.165) is 11.3 Å². The van der Waals surface area contributed by atoms with E-state index in [0.29, 0.717) is 28.3 Å². The molecule has 2 amide bonds. The monoisotopic (exact) mass is 418 g/mol. The zero-order valence-corrected chi connectivity index (χ0v) is 17.4. The fourth-order valence-corrected chi connectivity index (χ4v) is 3.59. The molecule has 8 nitrogen and oxygen atoms in total. The van der Waals surface area contributed by atoms with Crippen molar-refractivity contribution in [3.8, 4) is 22.7 Å². The number of nitrogens with zero attached hydrogens (tertiary/aromatic N) is 2. The van der Waals surface area contributed by atoms with Crippen LogP contribution in [-0.4, -0.2) is 36.0 Å². The molecule has 0 radical (unpaired) electrons. The molecule has 2 heterocycles. The van der Waals surface area contributed by atoms with Crippen molar-refractivity contribution in [3.05, 3.63) is 77.6 Å². The molecule has 0 aliphatic carbocycles. The number of benzene rings is 2. The van der Waals surface area contributed by atoms with Gasteiger partial charge < -0.3 is 20.1 Å². The molecule has 158 valence electrons.